The molecular weight excluding hydrogens is 224 g/mol. The van der Waals surface area contributed by atoms with Gasteiger partial charge in [-0.05, 0) is 31.5 Å². The predicted octanol–water partition coefficient (Wildman–Crippen LogP) is 0.997. The third-order valence-electron chi connectivity index (χ3n) is 2.84. The van der Waals surface area contributed by atoms with Crippen molar-refractivity contribution in [2.45, 2.75) is 30.2 Å². The molecule has 2 heterocycles. The summed E-state index contributed by atoms with van der Waals surface area (Å²) in [5, 5.41) is 3.25. The Morgan fingerprint density at radius 1 is 1.31 bits per heavy atom. The SMILES string of the molecule is O=S(=O)(C[C@H]1CCCCN1)c1ccncc1. The van der Waals surface area contributed by atoms with Crippen molar-refractivity contribution in [1.29, 1.82) is 0 Å². The minimum absolute atomic E-state index is 0.104. The Hall–Kier alpha value is -0.940. The van der Waals surface area contributed by atoms with Crippen molar-refractivity contribution in [2.75, 3.05) is 12.3 Å². The Balaban J connectivity index is 2.08. The fourth-order valence-corrected chi connectivity index (χ4v) is 3.52. The molecular formula is C11H16N2O2S. The fourth-order valence-electron chi connectivity index (χ4n) is 1.97. The van der Waals surface area contributed by atoms with Crippen LogP contribution in [0.25, 0.3) is 0 Å². The molecule has 0 amide bonds. The average molecular weight is 240 g/mol. The van der Waals surface area contributed by atoms with E-state index in [-0.39, 0.29) is 11.8 Å². The van der Waals surface area contributed by atoms with E-state index in [9.17, 15) is 8.42 Å². The summed E-state index contributed by atoms with van der Waals surface area (Å²) < 4.78 is 24.1. The van der Waals surface area contributed by atoms with Crippen molar-refractivity contribution in [3.8, 4) is 0 Å². The van der Waals surface area contributed by atoms with Gasteiger partial charge in [-0.1, -0.05) is 6.42 Å². The first-order valence-corrected chi connectivity index (χ1v) is 7.20. The number of piperidine rings is 1. The maximum Gasteiger partial charge on any atom is 0.180 e. The third-order valence-corrected chi connectivity index (χ3v) is 4.67. The van der Waals surface area contributed by atoms with Crippen LogP contribution in [0, 0.1) is 0 Å². The molecule has 88 valence electrons. The zero-order valence-corrected chi connectivity index (χ0v) is 9.91. The second-order valence-corrected chi connectivity index (χ2v) is 6.15. The Bertz CT molecular complexity index is 425. The number of nitrogens with zero attached hydrogens (tertiary/aromatic N) is 1. The molecule has 1 aliphatic heterocycles. The van der Waals surface area contributed by atoms with Crippen molar-refractivity contribution >= 4 is 9.84 Å². The minimum atomic E-state index is -3.16. The van der Waals surface area contributed by atoms with Gasteiger partial charge in [0.05, 0.1) is 10.6 Å². The van der Waals surface area contributed by atoms with Crippen molar-refractivity contribution < 1.29 is 8.42 Å². The molecule has 0 radical (unpaired) electrons. The maximum absolute atomic E-state index is 12.0. The largest absolute Gasteiger partial charge is 0.313 e. The maximum atomic E-state index is 12.0. The number of nitrogens with one attached hydrogen (secondary N) is 1. The Morgan fingerprint density at radius 3 is 2.69 bits per heavy atom. The van der Waals surface area contributed by atoms with Gasteiger partial charge in [0, 0.05) is 18.4 Å². The molecule has 0 spiro atoms. The molecule has 1 aromatic heterocycles. The van der Waals surface area contributed by atoms with E-state index in [2.05, 4.69) is 10.3 Å². The average Bonchev–Trinajstić information content (AvgIpc) is 2.31. The van der Waals surface area contributed by atoms with Crippen LogP contribution >= 0.6 is 0 Å². The molecule has 1 N–H and O–H groups in total. The van der Waals surface area contributed by atoms with Gasteiger partial charge < -0.3 is 5.32 Å². The van der Waals surface area contributed by atoms with Crippen molar-refractivity contribution in [1.82, 2.24) is 10.3 Å². The summed E-state index contributed by atoms with van der Waals surface area (Å²) in [6, 6.07) is 3.21. The molecule has 1 atom stereocenters. The van der Waals surface area contributed by atoms with E-state index in [4.69, 9.17) is 0 Å². The number of sulfone groups is 1. The highest BCUT2D eigenvalue weighted by Crippen LogP contribution is 2.14. The van der Waals surface area contributed by atoms with Gasteiger partial charge >= 0.3 is 0 Å². The van der Waals surface area contributed by atoms with Crippen LogP contribution in [0.15, 0.2) is 29.4 Å². The lowest BCUT2D eigenvalue weighted by atomic mass is 10.1. The lowest BCUT2D eigenvalue weighted by molar-refractivity contribution is 0.423. The summed E-state index contributed by atoms with van der Waals surface area (Å²) in [7, 11) is -3.16. The van der Waals surface area contributed by atoms with Gasteiger partial charge in [-0.3, -0.25) is 4.98 Å². The number of aromatic nitrogens is 1. The van der Waals surface area contributed by atoms with Crippen LogP contribution in [0.2, 0.25) is 0 Å². The van der Waals surface area contributed by atoms with E-state index < -0.39 is 9.84 Å². The van der Waals surface area contributed by atoms with E-state index in [0.717, 1.165) is 25.8 Å². The van der Waals surface area contributed by atoms with Crippen LogP contribution in [0.1, 0.15) is 19.3 Å². The monoisotopic (exact) mass is 240 g/mol. The first-order chi connectivity index (χ1) is 7.68. The van der Waals surface area contributed by atoms with Gasteiger partial charge in [-0.25, -0.2) is 8.42 Å². The molecule has 0 aromatic carbocycles. The second-order valence-electron chi connectivity index (χ2n) is 4.11. The normalized spacial score (nSPS) is 21.9. The first-order valence-electron chi connectivity index (χ1n) is 5.55. The summed E-state index contributed by atoms with van der Waals surface area (Å²) in [6.45, 7) is 0.927. The topological polar surface area (TPSA) is 59.1 Å². The summed E-state index contributed by atoms with van der Waals surface area (Å²) in [4.78, 5) is 4.20. The smallest absolute Gasteiger partial charge is 0.180 e. The van der Waals surface area contributed by atoms with Gasteiger partial charge in [0.25, 0.3) is 0 Å². The molecule has 4 nitrogen and oxygen atoms in total. The molecule has 0 saturated carbocycles. The molecule has 0 bridgehead atoms. The van der Waals surface area contributed by atoms with Crippen LogP contribution in [-0.2, 0) is 9.84 Å². The molecule has 1 fully saturated rings. The van der Waals surface area contributed by atoms with Crippen LogP contribution < -0.4 is 5.32 Å². The van der Waals surface area contributed by atoms with Gasteiger partial charge in [-0.15, -0.1) is 0 Å². The molecule has 1 saturated heterocycles. The molecule has 2 rings (SSSR count). The van der Waals surface area contributed by atoms with Gasteiger partial charge in [-0.2, -0.15) is 0 Å². The Labute approximate surface area is 96.0 Å². The Kier molecular flexibility index (Phi) is 3.56. The Morgan fingerprint density at radius 2 is 2.06 bits per heavy atom. The van der Waals surface area contributed by atoms with Gasteiger partial charge in [0.15, 0.2) is 9.84 Å². The highest BCUT2D eigenvalue weighted by molar-refractivity contribution is 7.91. The third kappa shape index (κ3) is 2.80. The summed E-state index contributed by atoms with van der Waals surface area (Å²) in [6.07, 6.45) is 6.24. The quantitative estimate of drug-likeness (QED) is 0.856. The van der Waals surface area contributed by atoms with Crippen molar-refractivity contribution in [3.05, 3.63) is 24.5 Å². The van der Waals surface area contributed by atoms with Gasteiger partial charge in [0.2, 0.25) is 0 Å². The van der Waals surface area contributed by atoms with Crippen LogP contribution in [-0.4, -0.2) is 31.7 Å². The van der Waals surface area contributed by atoms with E-state index >= 15 is 0 Å². The number of hydrogen-bond acceptors (Lipinski definition) is 4. The molecule has 0 unspecified atom stereocenters. The summed E-state index contributed by atoms with van der Waals surface area (Å²) in [5.41, 5.74) is 0. The molecule has 16 heavy (non-hydrogen) atoms. The highest BCUT2D eigenvalue weighted by atomic mass is 32.2. The zero-order chi connectivity index (χ0) is 11.4. The van der Waals surface area contributed by atoms with Gasteiger partial charge in [0.1, 0.15) is 0 Å². The van der Waals surface area contributed by atoms with Crippen LogP contribution in [0.3, 0.4) is 0 Å². The van der Waals surface area contributed by atoms with E-state index in [1.807, 2.05) is 0 Å². The van der Waals surface area contributed by atoms with Crippen molar-refractivity contribution in [2.24, 2.45) is 0 Å². The zero-order valence-electron chi connectivity index (χ0n) is 9.09. The van der Waals surface area contributed by atoms with E-state index in [1.54, 1.807) is 12.1 Å². The highest BCUT2D eigenvalue weighted by Gasteiger charge is 2.22. The molecule has 5 heteroatoms. The van der Waals surface area contributed by atoms with Crippen LogP contribution in [0.4, 0.5) is 0 Å². The molecule has 0 aliphatic carbocycles. The number of rotatable bonds is 3. The lowest BCUT2D eigenvalue weighted by Crippen LogP contribution is -2.39. The first kappa shape index (κ1) is 11.5. The minimum Gasteiger partial charge on any atom is -0.313 e. The summed E-state index contributed by atoms with van der Waals surface area (Å²) >= 11 is 0. The van der Waals surface area contributed by atoms with E-state index in [0.29, 0.717) is 4.90 Å². The predicted molar refractivity (Wildman–Crippen MR) is 61.9 cm³/mol. The number of pyridine rings is 1. The molecule has 1 aromatic rings. The fraction of sp³-hybridized carbons (Fsp3) is 0.545. The second kappa shape index (κ2) is 4.93. The molecule has 1 aliphatic rings. The standard InChI is InChI=1S/C11H16N2O2S/c14-16(15,11-4-7-12-8-5-11)9-10-3-1-2-6-13-10/h4-5,7-8,10,13H,1-3,6,9H2/t10-/m1/s1. The van der Waals surface area contributed by atoms with Crippen LogP contribution in [0.5, 0.6) is 0 Å². The van der Waals surface area contributed by atoms with E-state index in [1.165, 1.54) is 12.4 Å². The lowest BCUT2D eigenvalue weighted by Gasteiger charge is -2.23. The van der Waals surface area contributed by atoms with Crippen molar-refractivity contribution in [3.63, 3.8) is 0 Å². The summed E-state index contributed by atoms with van der Waals surface area (Å²) in [5.74, 6) is 0.191. The number of hydrogen-bond donors (Lipinski definition) is 1.